The van der Waals surface area contributed by atoms with Crippen molar-refractivity contribution in [2.45, 2.75) is 57.5 Å². The third-order valence-corrected chi connectivity index (χ3v) is 6.18. The maximum absolute atomic E-state index is 7.00. The van der Waals surface area contributed by atoms with Crippen LogP contribution in [0.1, 0.15) is 56.2 Å². The summed E-state index contributed by atoms with van der Waals surface area (Å²) in [6.45, 7) is 15.1. The number of likely N-dealkylation sites (tertiary alicyclic amines) is 1. The minimum atomic E-state index is 0.413. The van der Waals surface area contributed by atoms with Crippen LogP contribution >= 0.6 is 0 Å². The number of aliphatic imine (C=N–C) groups is 2. The lowest BCUT2D eigenvalue weighted by Gasteiger charge is -2.24. The Hall–Kier alpha value is -3.03. The van der Waals surface area contributed by atoms with Crippen molar-refractivity contribution < 1.29 is 5.11 Å². The molecule has 3 rings (SSSR count). The van der Waals surface area contributed by atoms with Gasteiger partial charge in [0.2, 0.25) is 0 Å². The molecule has 0 radical (unpaired) electrons. The van der Waals surface area contributed by atoms with Gasteiger partial charge in [-0.05, 0) is 69.3 Å². The van der Waals surface area contributed by atoms with E-state index in [1.807, 2.05) is 18.5 Å². The number of hydrogen-bond donors (Lipinski definition) is 3. The Morgan fingerprint density at radius 2 is 1.89 bits per heavy atom. The lowest BCUT2D eigenvalue weighted by atomic mass is 9.95. The molecule has 0 aromatic carbocycles. The van der Waals surface area contributed by atoms with E-state index >= 15 is 0 Å². The third kappa shape index (κ3) is 9.62. The number of aromatic nitrogens is 1. The van der Waals surface area contributed by atoms with Crippen molar-refractivity contribution in [1.82, 2.24) is 20.5 Å². The van der Waals surface area contributed by atoms with E-state index in [0.29, 0.717) is 12.7 Å². The first-order valence-electron chi connectivity index (χ1n) is 12.5. The van der Waals surface area contributed by atoms with Gasteiger partial charge in [0.25, 0.3) is 0 Å². The van der Waals surface area contributed by atoms with Crippen LogP contribution in [0.25, 0.3) is 5.57 Å². The quantitative estimate of drug-likeness (QED) is 0.305. The fourth-order valence-electron chi connectivity index (χ4n) is 4.37. The summed E-state index contributed by atoms with van der Waals surface area (Å²) in [5, 5.41) is 13.8. The van der Waals surface area contributed by atoms with Crippen molar-refractivity contribution in [3.8, 4) is 0 Å². The average molecular weight is 479 g/mol. The molecule has 1 saturated heterocycles. The molecular weight excluding hydrogens is 436 g/mol. The molecule has 1 aliphatic carbocycles. The minimum Gasteiger partial charge on any atom is -0.400 e. The zero-order valence-electron chi connectivity index (χ0n) is 21.3. The molecule has 0 amide bonds. The molecule has 2 heterocycles. The lowest BCUT2D eigenvalue weighted by Crippen LogP contribution is -2.30. The van der Waals surface area contributed by atoms with Gasteiger partial charge in [-0.25, -0.2) is 4.99 Å². The van der Waals surface area contributed by atoms with E-state index in [1.54, 1.807) is 12.2 Å². The van der Waals surface area contributed by atoms with Crippen LogP contribution in [0.5, 0.6) is 0 Å². The fourth-order valence-corrected chi connectivity index (χ4v) is 4.37. The molecule has 3 N–H and O–H groups in total. The summed E-state index contributed by atoms with van der Waals surface area (Å²) in [6, 6.07) is 4.65. The van der Waals surface area contributed by atoms with Gasteiger partial charge in [0.05, 0.1) is 11.3 Å². The predicted octanol–water partition coefficient (Wildman–Crippen LogP) is 4.45. The first-order chi connectivity index (χ1) is 17.2. The van der Waals surface area contributed by atoms with Crippen molar-refractivity contribution in [3.63, 3.8) is 0 Å². The molecule has 7 heteroatoms. The number of aliphatic hydroxyl groups excluding tert-OH is 1. The van der Waals surface area contributed by atoms with E-state index in [9.17, 15) is 0 Å². The predicted molar refractivity (Wildman–Crippen MR) is 148 cm³/mol. The highest BCUT2D eigenvalue weighted by Gasteiger charge is 2.17. The SMILES string of the molecule is C=C/C=C(\C=C)NC/N=C\C(=C(/N=C)NC1CCCCC1)c1ccc(CN2CCCC2)cn1.CO. The minimum absolute atomic E-state index is 0.413. The zero-order chi connectivity index (χ0) is 25.3. The summed E-state index contributed by atoms with van der Waals surface area (Å²) in [5.74, 6) is 0.746. The van der Waals surface area contributed by atoms with Crippen LogP contribution in [0.2, 0.25) is 0 Å². The standard InChI is InChI=1S/C27H38N6.CH4O/c1-4-11-23(5-2)31-21-29-19-25(27(28-3)32-24-12-7-6-8-13-24)26-15-14-22(18-30-26)20-33-16-9-10-17-33;1-2/h4-5,11,14-15,18-19,24,31-32H,1-3,6-10,12-13,16-17,20-21H2;2H,1H3/b23-11+,27-25-,29-19-;. The van der Waals surface area contributed by atoms with E-state index in [2.05, 4.69) is 57.5 Å². The van der Waals surface area contributed by atoms with Gasteiger partial charge >= 0.3 is 0 Å². The number of hydrogen-bond acceptors (Lipinski definition) is 7. The Kier molecular flexibility index (Phi) is 13.4. The number of nitrogens with one attached hydrogen (secondary N) is 2. The van der Waals surface area contributed by atoms with Gasteiger partial charge in [-0.2, -0.15) is 0 Å². The van der Waals surface area contributed by atoms with Gasteiger partial charge in [0, 0.05) is 37.8 Å². The topological polar surface area (TPSA) is 85.1 Å². The van der Waals surface area contributed by atoms with Crippen molar-refractivity contribution in [1.29, 1.82) is 0 Å². The number of pyridine rings is 1. The Labute approximate surface area is 211 Å². The van der Waals surface area contributed by atoms with Gasteiger partial charge in [0.1, 0.15) is 12.5 Å². The van der Waals surface area contributed by atoms with Gasteiger partial charge in [-0.3, -0.25) is 14.9 Å². The largest absolute Gasteiger partial charge is 0.400 e. The van der Waals surface area contributed by atoms with Crippen LogP contribution in [-0.4, -0.2) is 60.8 Å². The second kappa shape index (κ2) is 16.6. The summed E-state index contributed by atoms with van der Waals surface area (Å²) in [5.41, 5.74) is 3.81. The first-order valence-corrected chi connectivity index (χ1v) is 12.5. The monoisotopic (exact) mass is 478 g/mol. The fraction of sp³-hybridized carbons (Fsp3) is 0.464. The molecule has 35 heavy (non-hydrogen) atoms. The molecule has 0 spiro atoms. The molecule has 1 aromatic heterocycles. The number of nitrogens with zero attached hydrogens (tertiary/aromatic N) is 4. The summed E-state index contributed by atoms with van der Waals surface area (Å²) >= 11 is 0. The summed E-state index contributed by atoms with van der Waals surface area (Å²) in [6.07, 6.45) is 17.8. The lowest BCUT2D eigenvalue weighted by molar-refractivity contribution is 0.331. The molecule has 2 fully saturated rings. The molecule has 1 aliphatic heterocycles. The van der Waals surface area contributed by atoms with Crippen LogP contribution in [0.3, 0.4) is 0 Å². The highest BCUT2D eigenvalue weighted by Crippen LogP contribution is 2.22. The van der Waals surface area contributed by atoms with Crippen LogP contribution in [0, 0.1) is 0 Å². The average Bonchev–Trinajstić information content (AvgIpc) is 3.42. The van der Waals surface area contributed by atoms with E-state index in [1.165, 1.54) is 50.8 Å². The number of rotatable bonds is 12. The summed E-state index contributed by atoms with van der Waals surface area (Å²) in [7, 11) is 1.00. The molecule has 7 nitrogen and oxygen atoms in total. The molecule has 0 unspecified atom stereocenters. The van der Waals surface area contributed by atoms with E-state index in [4.69, 9.17) is 10.1 Å². The maximum atomic E-state index is 7.00. The molecule has 2 aliphatic rings. The Bertz CT molecular complexity index is 875. The van der Waals surface area contributed by atoms with E-state index in [0.717, 1.165) is 49.3 Å². The van der Waals surface area contributed by atoms with Gasteiger partial charge < -0.3 is 15.7 Å². The van der Waals surface area contributed by atoms with E-state index in [-0.39, 0.29) is 0 Å². The first kappa shape index (κ1) is 28.2. The van der Waals surface area contributed by atoms with Crippen molar-refractivity contribution in [2.75, 3.05) is 26.9 Å². The van der Waals surface area contributed by atoms with Crippen molar-refractivity contribution in [2.24, 2.45) is 9.98 Å². The van der Waals surface area contributed by atoms with Crippen molar-refractivity contribution in [3.05, 3.63) is 72.5 Å². The van der Waals surface area contributed by atoms with Gasteiger partial charge in [-0.15, -0.1) is 0 Å². The Morgan fingerprint density at radius 1 is 1.14 bits per heavy atom. The van der Waals surface area contributed by atoms with Gasteiger partial charge in [-0.1, -0.05) is 44.6 Å². The molecular formula is C28H42N6O. The highest BCUT2D eigenvalue weighted by molar-refractivity contribution is 6.10. The normalized spacial score (nSPS) is 17.8. The van der Waals surface area contributed by atoms with E-state index < -0.39 is 0 Å². The number of allylic oxidation sites excluding steroid dienone is 4. The smallest absolute Gasteiger partial charge is 0.136 e. The van der Waals surface area contributed by atoms with Crippen LogP contribution in [0.4, 0.5) is 0 Å². The van der Waals surface area contributed by atoms with Gasteiger partial charge in [0.15, 0.2) is 0 Å². The molecule has 1 saturated carbocycles. The highest BCUT2D eigenvalue weighted by atomic mass is 16.2. The van der Waals surface area contributed by atoms with Crippen LogP contribution in [-0.2, 0) is 6.54 Å². The molecule has 0 atom stereocenters. The second-order valence-corrected chi connectivity index (χ2v) is 8.64. The Balaban J connectivity index is 0.00000210. The Morgan fingerprint density at radius 3 is 2.49 bits per heavy atom. The van der Waals surface area contributed by atoms with Crippen LogP contribution < -0.4 is 10.6 Å². The molecule has 190 valence electrons. The second-order valence-electron chi connectivity index (χ2n) is 8.64. The zero-order valence-corrected chi connectivity index (χ0v) is 21.3. The van der Waals surface area contributed by atoms with Crippen molar-refractivity contribution >= 4 is 18.5 Å². The summed E-state index contributed by atoms with van der Waals surface area (Å²) in [4.78, 5) is 16.2. The third-order valence-electron chi connectivity index (χ3n) is 6.18. The molecule has 0 bridgehead atoms. The van der Waals surface area contributed by atoms with Crippen LogP contribution in [0.15, 0.2) is 71.2 Å². The number of aliphatic hydroxyl groups is 1. The maximum Gasteiger partial charge on any atom is 0.136 e. The molecule has 1 aromatic rings. The summed E-state index contributed by atoms with van der Waals surface area (Å²) < 4.78 is 0.